The maximum absolute atomic E-state index is 11.9. The molecular weight excluding hydrogens is 350 g/mol. The molecular formula is C14H11N5O3S2. The zero-order valence-corrected chi connectivity index (χ0v) is 13.8. The largest absolute Gasteiger partial charge is 0.325 e. The number of H-pyrrole nitrogens is 1. The molecule has 0 unspecified atom stereocenters. The van der Waals surface area contributed by atoms with E-state index in [1.54, 1.807) is 11.3 Å². The molecule has 2 aromatic heterocycles. The molecule has 3 rings (SSSR count). The molecule has 2 heterocycles. The van der Waals surface area contributed by atoms with Gasteiger partial charge in [0.05, 0.1) is 15.6 Å². The number of benzene rings is 1. The lowest BCUT2D eigenvalue weighted by atomic mass is 10.3. The van der Waals surface area contributed by atoms with Crippen LogP contribution in [0.2, 0.25) is 0 Å². The van der Waals surface area contributed by atoms with E-state index in [0.717, 1.165) is 4.88 Å². The van der Waals surface area contributed by atoms with Crippen LogP contribution >= 0.6 is 23.1 Å². The van der Waals surface area contributed by atoms with Gasteiger partial charge in [0.25, 0.3) is 5.69 Å². The fourth-order valence-electron chi connectivity index (χ4n) is 1.83. The predicted molar refractivity (Wildman–Crippen MR) is 92.1 cm³/mol. The third-order valence-corrected chi connectivity index (χ3v) is 4.64. The Balaban J connectivity index is 1.53. The summed E-state index contributed by atoms with van der Waals surface area (Å²) in [6.45, 7) is 0. The van der Waals surface area contributed by atoms with Crippen LogP contribution in [-0.4, -0.2) is 31.8 Å². The van der Waals surface area contributed by atoms with E-state index < -0.39 is 4.92 Å². The minimum Gasteiger partial charge on any atom is -0.325 e. The van der Waals surface area contributed by atoms with Gasteiger partial charge >= 0.3 is 0 Å². The smallest absolute Gasteiger partial charge is 0.269 e. The Hall–Kier alpha value is -2.72. The van der Waals surface area contributed by atoms with Crippen LogP contribution in [0.4, 0.5) is 11.4 Å². The topological polar surface area (TPSA) is 114 Å². The van der Waals surface area contributed by atoms with Crippen LogP contribution in [-0.2, 0) is 4.79 Å². The summed E-state index contributed by atoms with van der Waals surface area (Å²) in [4.78, 5) is 27.3. The average Bonchev–Trinajstić information content (AvgIpc) is 3.25. The first-order valence-corrected chi connectivity index (χ1v) is 8.62. The molecule has 0 radical (unpaired) electrons. The fraction of sp³-hybridized carbons (Fsp3) is 0.0714. The van der Waals surface area contributed by atoms with Gasteiger partial charge in [-0.15, -0.1) is 16.4 Å². The lowest BCUT2D eigenvalue weighted by molar-refractivity contribution is -0.384. The number of aromatic amines is 1. The van der Waals surface area contributed by atoms with Crippen LogP contribution in [0.3, 0.4) is 0 Å². The summed E-state index contributed by atoms with van der Waals surface area (Å²) in [7, 11) is 0. The second-order valence-electron chi connectivity index (χ2n) is 4.58. The molecule has 0 fully saturated rings. The number of nitrogens with one attached hydrogen (secondary N) is 2. The second-order valence-corrected chi connectivity index (χ2v) is 6.47. The number of nitro groups is 1. The summed E-state index contributed by atoms with van der Waals surface area (Å²) in [5.41, 5.74) is 0.477. The Bertz CT molecular complexity index is 846. The molecule has 0 saturated heterocycles. The highest BCUT2D eigenvalue weighted by atomic mass is 32.2. The van der Waals surface area contributed by atoms with E-state index in [4.69, 9.17) is 0 Å². The number of non-ortho nitro benzene ring substituents is 1. The summed E-state index contributed by atoms with van der Waals surface area (Å²) in [6.07, 6.45) is 0. The predicted octanol–water partition coefficient (Wildman–Crippen LogP) is 3.17. The van der Waals surface area contributed by atoms with Gasteiger partial charge in [0, 0.05) is 17.8 Å². The average molecular weight is 361 g/mol. The Morgan fingerprint density at radius 3 is 2.79 bits per heavy atom. The van der Waals surface area contributed by atoms with Crippen molar-refractivity contribution in [3.8, 4) is 10.7 Å². The number of nitro benzene ring substituents is 1. The zero-order chi connectivity index (χ0) is 16.9. The first-order chi connectivity index (χ1) is 11.6. The molecule has 2 N–H and O–H groups in total. The van der Waals surface area contributed by atoms with E-state index in [-0.39, 0.29) is 17.3 Å². The van der Waals surface area contributed by atoms with E-state index in [1.165, 1.54) is 36.0 Å². The fourth-order valence-corrected chi connectivity index (χ4v) is 3.09. The van der Waals surface area contributed by atoms with Crippen molar-refractivity contribution < 1.29 is 9.72 Å². The Labute approximate surface area is 144 Å². The number of rotatable bonds is 6. The highest BCUT2D eigenvalue weighted by Crippen LogP contribution is 2.23. The number of thiophene rings is 1. The number of carbonyl (C=O) groups excluding carboxylic acids is 1. The third kappa shape index (κ3) is 3.97. The number of anilines is 1. The summed E-state index contributed by atoms with van der Waals surface area (Å²) in [5.74, 6) is 0.568. The van der Waals surface area contributed by atoms with Crippen molar-refractivity contribution in [3.05, 3.63) is 51.9 Å². The first-order valence-electron chi connectivity index (χ1n) is 6.75. The number of thioether (sulfide) groups is 1. The lowest BCUT2D eigenvalue weighted by Gasteiger charge is -2.03. The molecule has 0 aliphatic carbocycles. The second kappa shape index (κ2) is 7.23. The van der Waals surface area contributed by atoms with Gasteiger partial charge in [0.1, 0.15) is 0 Å². The SMILES string of the molecule is O=C(CSc1n[nH]c(-c2cccs2)n1)Nc1ccc([N+](=O)[O-])cc1. The van der Waals surface area contributed by atoms with Crippen LogP contribution in [0.25, 0.3) is 10.7 Å². The Morgan fingerprint density at radius 1 is 1.33 bits per heavy atom. The molecule has 0 aliphatic rings. The number of hydrogen-bond donors (Lipinski definition) is 2. The minimum atomic E-state index is -0.490. The van der Waals surface area contributed by atoms with Gasteiger partial charge in [-0.3, -0.25) is 20.0 Å². The Morgan fingerprint density at radius 2 is 2.12 bits per heavy atom. The van der Waals surface area contributed by atoms with Crippen molar-refractivity contribution >= 4 is 40.4 Å². The maximum atomic E-state index is 11.9. The number of hydrogen-bond acceptors (Lipinski definition) is 7. The van der Waals surface area contributed by atoms with Crippen LogP contribution in [0, 0.1) is 10.1 Å². The molecule has 3 aromatic rings. The van der Waals surface area contributed by atoms with Crippen molar-refractivity contribution in [1.82, 2.24) is 15.2 Å². The van der Waals surface area contributed by atoms with Gasteiger partial charge in [0.15, 0.2) is 5.82 Å². The van der Waals surface area contributed by atoms with Crippen molar-refractivity contribution in [2.75, 3.05) is 11.1 Å². The van der Waals surface area contributed by atoms with E-state index in [0.29, 0.717) is 16.7 Å². The van der Waals surface area contributed by atoms with E-state index in [1.807, 2.05) is 17.5 Å². The third-order valence-electron chi connectivity index (χ3n) is 2.91. The van der Waals surface area contributed by atoms with Crippen molar-refractivity contribution in [1.29, 1.82) is 0 Å². The standard InChI is InChI=1S/C14H11N5O3S2/c20-12(15-9-3-5-10(6-4-9)19(21)22)8-24-14-16-13(17-18-14)11-2-1-7-23-11/h1-7H,8H2,(H,15,20)(H,16,17,18). The normalized spacial score (nSPS) is 10.5. The molecule has 0 spiro atoms. The van der Waals surface area contributed by atoms with Gasteiger partial charge in [0.2, 0.25) is 11.1 Å². The van der Waals surface area contributed by atoms with Crippen LogP contribution in [0.5, 0.6) is 0 Å². The number of amides is 1. The van der Waals surface area contributed by atoms with Crippen molar-refractivity contribution in [3.63, 3.8) is 0 Å². The Kier molecular flexibility index (Phi) is 4.87. The van der Waals surface area contributed by atoms with Gasteiger partial charge in [-0.25, -0.2) is 4.98 Å². The molecule has 24 heavy (non-hydrogen) atoms. The molecule has 10 heteroatoms. The summed E-state index contributed by atoms with van der Waals surface area (Å²) < 4.78 is 0. The molecule has 122 valence electrons. The molecule has 1 amide bonds. The van der Waals surface area contributed by atoms with Gasteiger partial charge in [-0.05, 0) is 23.6 Å². The first kappa shape index (κ1) is 16.1. The summed E-state index contributed by atoms with van der Waals surface area (Å²) in [6, 6.07) is 9.51. The van der Waals surface area contributed by atoms with Gasteiger partial charge in [-0.2, -0.15) is 0 Å². The van der Waals surface area contributed by atoms with E-state index >= 15 is 0 Å². The van der Waals surface area contributed by atoms with Crippen LogP contribution < -0.4 is 5.32 Å². The minimum absolute atomic E-state index is 0.0239. The quantitative estimate of drug-likeness (QED) is 0.396. The van der Waals surface area contributed by atoms with Crippen molar-refractivity contribution in [2.24, 2.45) is 0 Å². The molecule has 0 atom stereocenters. The van der Waals surface area contributed by atoms with Crippen LogP contribution in [0.1, 0.15) is 0 Å². The maximum Gasteiger partial charge on any atom is 0.269 e. The van der Waals surface area contributed by atoms with Crippen LogP contribution in [0.15, 0.2) is 46.9 Å². The van der Waals surface area contributed by atoms with Gasteiger partial charge < -0.3 is 5.32 Å². The number of nitrogens with zero attached hydrogens (tertiary/aromatic N) is 3. The number of aromatic nitrogens is 3. The molecule has 8 nitrogen and oxygen atoms in total. The molecule has 0 bridgehead atoms. The monoisotopic (exact) mass is 361 g/mol. The number of carbonyl (C=O) groups is 1. The molecule has 0 aliphatic heterocycles. The summed E-state index contributed by atoms with van der Waals surface area (Å²) in [5, 5.41) is 22.6. The van der Waals surface area contributed by atoms with E-state index in [9.17, 15) is 14.9 Å². The summed E-state index contributed by atoms with van der Waals surface area (Å²) >= 11 is 2.75. The molecule has 1 aromatic carbocycles. The highest BCUT2D eigenvalue weighted by molar-refractivity contribution is 7.99. The van der Waals surface area contributed by atoms with E-state index in [2.05, 4.69) is 20.5 Å². The van der Waals surface area contributed by atoms with Gasteiger partial charge in [-0.1, -0.05) is 17.8 Å². The molecule has 0 saturated carbocycles. The lowest BCUT2D eigenvalue weighted by Crippen LogP contribution is -2.14. The zero-order valence-electron chi connectivity index (χ0n) is 12.1. The van der Waals surface area contributed by atoms with Crippen molar-refractivity contribution in [2.45, 2.75) is 5.16 Å². The highest BCUT2D eigenvalue weighted by Gasteiger charge is 2.10.